The number of aromatic amines is 1. The van der Waals surface area contributed by atoms with Crippen LogP contribution < -0.4 is 15.4 Å². The standard InChI is InChI=1S/C23H20F3N5O/c1-32-16-3-13(2-14(24)4-16)17-8-28-9-18(22(17)31-10-12(7-27)11-31)23-29-20-6-15(25)5-19(26)21(20)30-23/h2-6,8-9,12H,7,10-11,27H2,1H3,(H,29,30). The van der Waals surface area contributed by atoms with E-state index in [0.29, 0.717) is 53.8 Å². The highest BCUT2D eigenvalue weighted by molar-refractivity contribution is 5.91. The number of hydrogen-bond donors (Lipinski definition) is 2. The fourth-order valence-corrected chi connectivity index (χ4v) is 4.09. The van der Waals surface area contributed by atoms with Gasteiger partial charge in [-0.25, -0.2) is 18.2 Å². The zero-order valence-electron chi connectivity index (χ0n) is 17.2. The van der Waals surface area contributed by atoms with E-state index in [1.807, 2.05) is 0 Å². The van der Waals surface area contributed by atoms with Crippen LogP contribution in [0, 0.1) is 23.4 Å². The fourth-order valence-electron chi connectivity index (χ4n) is 4.09. The maximum absolute atomic E-state index is 14.3. The van der Waals surface area contributed by atoms with Crippen molar-refractivity contribution in [3.63, 3.8) is 0 Å². The van der Waals surface area contributed by atoms with Crippen LogP contribution in [0.15, 0.2) is 42.7 Å². The summed E-state index contributed by atoms with van der Waals surface area (Å²) in [7, 11) is 1.47. The Kier molecular flexibility index (Phi) is 4.97. The highest BCUT2D eigenvalue weighted by Gasteiger charge is 2.31. The van der Waals surface area contributed by atoms with Crippen molar-refractivity contribution in [2.75, 3.05) is 31.6 Å². The summed E-state index contributed by atoms with van der Waals surface area (Å²) >= 11 is 0. The van der Waals surface area contributed by atoms with Gasteiger partial charge in [-0.15, -0.1) is 0 Å². The average Bonchev–Trinajstić information content (AvgIpc) is 3.17. The number of anilines is 1. The number of nitrogens with zero attached hydrogens (tertiary/aromatic N) is 3. The van der Waals surface area contributed by atoms with Crippen molar-refractivity contribution in [3.05, 3.63) is 60.2 Å². The molecule has 0 spiro atoms. The van der Waals surface area contributed by atoms with Crippen LogP contribution in [0.5, 0.6) is 5.75 Å². The molecule has 164 valence electrons. The normalized spacial score (nSPS) is 14.1. The minimum absolute atomic E-state index is 0.0358. The molecule has 2 aromatic heterocycles. The van der Waals surface area contributed by atoms with Gasteiger partial charge in [0.1, 0.15) is 28.7 Å². The van der Waals surface area contributed by atoms with Gasteiger partial charge in [-0.3, -0.25) is 4.98 Å². The number of pyridine rings is 1. The SMILES string of the molecule is COc1cc(F)cc(-c2cncc(-c3nc4c(F)cc(F)cc4[nH]3)c2N2CC(CN)C2)c1. The summed E-state index contributed by atoms with van der Waals surface area (Å²) in [6, 6.07) is 6.41. The van der Waals surface area contributed by atoms with Gasteiger partial charge < -0.3 is 20.4 Å². The molecule has 3 N–H and O–H groups in total. The lowest BCUT2D eigenvalue weighted by Crippen LogP contribution is -2.50. The summed E-state index contributed by atoms with van der Waals surface area (Å²) in [4.78, 5) is 13.8. The van der Waals surface area contributed by atoms with Crippen molar-refractivity contribution in [3.8, 4) is 28.3 Å². The zero-order chi connectivity index (χ0) is 22.4. The van der Waals surface area contributed by atoms with E-state index in [4.69, 9.17) is 10.5 Å². The molecule has 0 aliphatic carbocycles. The van der Waals surface area contributed by atoms with Crippen LogP contribution in [0.25, 0.3) is 33.5 Å². The minimum atomic E-state index is -0.754. The Morgan fingerprint density at radius 2 is 1.81 bits per heavy atom. The van der Waals surface area contributed by atoms with Crippen molar-refractivity contribution in [1.29, 1.82) is 0 Å². The number of nitrogens with one attached hydrogen (secondary N) is 1. The summed E-state index contributed by atoms with van der Waals surface area (Å²) in [6.45, 7) is 1.96. The molecule has 9 heteroatoms. The van der Waals surface area contributed by atoms with Gasteiger partial charge in [-0.1, -0.05) is 0 Å². The van der Waals surface area contributed by atoms with E-state index in [1.165, 1.54) is 25.3 Å². The third-order valence-corrected chi connectivity index (χ3v) is 5.70. The van der Waals surface area contributed by atoms with Crippen LogP contribution in [0.4, 0.5) is 18.9 Å². The number of rotatable bonds is 5. The molecule has 1 saturated heterocycles. The molecule has 32 heavy (non-hydrogen) atoms. The molecule has 0 saturated carbocycles. The highest BCUT2D eigenvalue weighted by Crippen LogP contribution is 2.42. The van der Waals surface area contributed by atoms with E-state index in [-0.39, 0.29) is 11.0 Å². The van der Waals surface area contributed by atoms with Crippen LogP contribution in [0.2, 0.25) is 0 Å². The molecule has 1 aliphatic rings. The zero-order valence-corrected chi connectivity index (χ0v) is 17.2. The molecule has 4 aromatic rings. The van der Waals surface area contributed by atoms with Crippen LogP contribution in [-0.4, -0.2) is 41.7 Å². The molecule has 1 aliphatic heterocycles. The fraction of sp³-hybridized carbons (Fsp3) is 0.217. The molecule has 0 atom stereocenters. The summed E-state index contributed by atoms with van der Waals surface area (Å²) < 4.78 is 47.4. The number of methoxy groups -OCH3 is 1. The first kappa shape index (κ1) is 20.3. The molecule has 0 unspecified atom stereocenters. The summed E-state index contributed by atoms with van der Waals surface area (Å²) in [5.74, 6) is -0.851. The van der Waals surface area contributed by atoms with Crippen molar-refractivity contribution >= 4 is 16.7 Å². The van der Waals surface area contributed by atoms with Crippen LogP contribution >= 0.6 is 0 Å². The molecule has 2 aromatic carbocycles. The third-order valence-electron chi connectivity index (χ3n) is 5.70. The summed E-state index contributed by atoms with van der Waals surface area (Å²) in [5, 5.41) is 0. The molecule has 6 nitrogen and oxygen atoms in total. The van der Waals surface area contributed by atoms with Gasteiger partial charge >= 0.3 is 0 Å². The van der Waals surface area contributed by atoms with Crippen molar-refractivity contribution in [2.45, 2.75) is 0 Å². The van der Waals surface area contributed by atoms with Crippen LogP contribution in [-0.2, 0) is 0 Å². The minimum Gasteiger partial charge on any atom is -0.497 e. The van der Waals surface area contributed by atoms with Gasteiger partial charge in [-0.05, 0) is 30.3 Å². The van der Waals surface area contributed by atoms with Gasteiger partial charge in [0.25, 0.3) is 0 Å². The highest BCUT2D eigenvalue weighted by atomic mass is 19.1. The van der Waals surface area contributed by atoms with E-state index in [9.17, 15) is 13.2 Å². The molecule has 5 rings (SSSR count). The maximum Gasteiger partial charge on any atom is 0.153 e. The van der Waals surface area contributed by atoms with E-state index < -0.39 is 17.5 Å². The Bertz CT molecular complexity index is 1320. The lowest BCUT2D eigenvalue weighted by Gasteiger charge is -2.42. The summed E-state index contributed by atoms with van der Waals surface area (Å²) in [5.41, 5.74) is 8.69. The third kappa shape index (κ3) is 3.44. The first-order chi connectivity index (χ1) is 15.5. The van der Waals surface area contributed by atoms with Crippen LogP contribution in [0.1, 0.15) is 0 Å². The predicted octanol–water partition coefficient (Wildman–Crippen LogP) is 4.11. The first-order valence-corrected chi connectivity index (χ1v) is 10.1. The Labute approximate surface area is 181 Å². The maximum atomic E-state index is 14.3. The Hall–Kier alpha value is -3.59. The molecular weight excluding hydrogens is 419 g/mol. The Morgan fingerprint density at radius 3 is 2.56 bits per heavy atom. The number of hydrogen-bond acceptors (Lipinski definition) is 5. The van der Waals surface area contributed by atoms with Crippen molar-refractivity contribution < 1.29 is 17.9 Å². The molecule has 0 bridgehead atoms. The number of imidazole rings is 1. The lowest BCUT2D eigenvalue weighted by molar-refractivity contribution is 0.411. The Morgan fingerprint density at radius 1 is 1.06 bits per heavy atom. The molecule has 3 heterocycles. The molecule has 0 amide bonds. The second-order valence-corrected chi connectivity index (χ2v) is 7.84. The van der Waals surface area contributed by atoms with Gasteiger partial charge in [0, 0.05) is 49.1 Å². The monoisotopic (exact) mass is 439 g/mol. The number of nitrogens with two attached hydrogens (primary N) is 1. The number of aromatic nitrogens is 3. The van der Waals surface area contributed by atoms with E-state index in [2.05, 4.69) is 19.9 Å². The number of H-pyrrole nitrogens is 1. The molecule has 1 fully saturated rings. The van der Waals surface area contributed by atoms with E-state index in [1.54, 1.807) is 18.5 Å². The second kappa shape index (κ2) is 7.83. The molecule has 0 radical (unpaired) electrons. The number of ether oxygens (including phenoxy) is 1. The van der Waals surface area contributed by atoms with E-state index in [0.717, 1.165) is 11.8 Å². The number of fused-ring (bicyclic) bond motifs is 1. The Balaban J connectivity index is 1.71. The summed E-state index contributed by atoms with van der Waals surface area (Å²) in [6.07, 6.45) is 3.25. The lowest BCUT2D eigenvalue weighted by atomic mass is 9.94. The van der Waals surface area contributed by atoms with Gasteiger partial charge in [0.15, 0.2) is 5.82 Å². The number of halogens is 3. The quantitative estimate of drug-likeness (QED) is 0.489. The van der Waals surface area contributed by atoms with Crippen molar-refractivity contribution in [1.82, 2.24) is 15.0 Å². The first-order valence-electron chi connectivity index (χ1n) is 10.1. The van der Waals surface area contributed by atoms with E-state index >= 15 is 0 Å². The van der Waals surface area contributed by atoms with Crippen molar-refractivity contribution in [2.24, 2.45) is 11.7 Å². The smallest absolute Gasteiger partial charge is 0.153 e. The van der Waals surface area contributed by atoms with Gasteiger partial charge in [-0.2, -0.15) is 0 Å². The largest absolute Gasteiger partial charge is 0.497 e. The van der Waals surface area contributed by atoms with Gasteiger partial charge in [0.2, 0.25) is 0 Å². The molecular formula is C23H20F3N5O. The van der Waals surface area contributed by atoms with Gasteiger partial charge in [0.05, 0.1) is 23.9 Å². The predicted molar refractivity (Wildman–Crippen MR) is 116 cm³/mol. The van der Waals surface area contributed by atoms with Crippen LogP contribution in [0.3, 0.4) is 0 Å². The second-order valence-electron chi connectivity index (χ2n) is 7.84. The average molecular weight is 439 g/mol. The topological polar surface area (TPSA) is 80.1 Å². The number of benzene rings is 2.